The van der Waals surface area contributed by atoms with E-state index in [2.05, 4.69) is 50.3 Å². The van der Waals surface area contributed by atoms with Crippen molar-refractivity contribution in [2.75, 3.05) is 7.11 Å². The zero-order valence-electron chi connectivity index (χ0n) is 10.2. The van der Waals surface area contributed by atoms with Crippen LogP contribution in [0.4, 0.5) is 0 Å². The number of benzene rings is 1. The largest absolute Gasteiger partial charge is 0.376 e. The van der Waals surface area contributed by atoms with Crippen molar-refractivity contribution in [3.05, 3.63) is 26.5 Å². The number of hydrogen-bond acceptors (Lipinski definition) is 2. The van der Waals surface area contributed by atoms with Gasteiger partial charge in [-0.3, -0.25) is 0 Å². The molecule has 0 atom stereocenters. The van der Waals surface area contributed by atoms with Gasteiger partial charge in [0.2, 0.25) is 0 Å². The lowest BCUT2D eigenvalue weighted by Crippen LogP contribution is -2.43. The Bertz CT molecular complexity index is 636. The Labute approximate surface area is 125 Å². The molecule has 0 unspecified atom stereocenters. The molecule has 1 N–H and O–H groups in total. The van der Waals surface area contributed by atoms with Crippen LogP contribution >= 0.6 is 34.8 Å². The molecule has 2 aromatic rings. The first kappa shape index (κ1) is 12.6. The monoisotopic (exact) mass is 374 g/mol. The van der Waals surface area contributed by atoms with Gasteiger partial charge in [-0.2, -0.15) is 0 Å². The van der Waals surface area contributed by atoms with Crippen molar-refractivity contribution in [3.8, 4) is 0 Å². The van der Waals surface area contributed by atoms with E-state index in [1.54, 1.807) is 7.11 Å². The SMILES string of the molecule is COC1(Cn2c(=S)[nH]c3cc(I)ccc32)CCC1. The lowest BCUT2D eigenvalue weighted by molar-refractivity contribution is -0.0830. The number of halogens is 1. The van der Waals surface area contributed by atoms with Crippen molar-refractivity contribution in [2.24, 2.45) is 0 Å². The molecule has 96 valence electrons. The minimum atomic E-state index is -0.00362. The lowest BCUT2D eigenvalue weighted by atomic mass is 9.80. The summed E-state index contributed by atoms with van der Waals surface area (Å²) >= 11 is 7.75. The highest BCUT2D eigenvalue weighted by Crippen LogP contribution is 2.37. The third-order valence-corrected chi connectivity index (χ3v) is 4.87. The van der Waals surface area contributed by atoms with Gasteiger partial charge in [-0.15, -0.1) is 0 Å². The van der Waals surface area contributed by atoms with E-state index in [9.17, 15) is 0 Å². The van der Waals surface area contributed by atoms with Crippen LogP contribution in [0.1, 0.15) is 19.3 Å². The number of fused-ring (bicyclic) bond motifs is 1. The third-order valence-electron chi connectivity index (χ3n) is 3.88. The number of H-pyrrole nitrogens is 1. The van der Waals surface area contributed by atoms with E-state index >= 15 is 0 Å². The maximum Gasteiger partial charge on any atom is 0.178 e. The molecule has 0 spiro atoms. The number of hydrogen-bond donors (Lipinski definition) is 1. The normalized spacial score (nSPS) is 17.9. The fourth-order valence-corrected chi connectivity index (χ4v) is 3.34. The minimum Gasteiger partial charge on any atom is -0.376 e. The first-order chi connectivity index (χ1) is 8.63. The molecule has 0 radical (unpaired) electrons. The van der Waals surface area contributed by atoms with Gasteiger partial charge in [-0.05, 0) is 72.3 Å². The zero-order valence-corrected chi connectivity index (χ0v) is 13.2. The summed E-state index contributed by atoms with van der Waals surface area (Å²) in [6.45, 7) is 0.850. The van der Waals surface area contributed by atoms with Crippen LogP contribution in [-0.2, 0) is 11.3 Å². The van der Waals surface area contributed by atoms with Gasteiger partial charge >= 0.3 is 0 Å². The number of ether oxygens (including phenoxy) is 1. The van der Waals surface area contributed by atoms with Gasteiger partial charge in [0, 0.05) is 10.7 Å². The van der Waals surface area contributed by atoms with Crippen LogP contribution in [0.3, 0.4) is 0 Å². The molecule has 0 saturated heterocycles. The topological polar surface area (TPSA) is 29.9 Å². The average Bonchev–Trinajstić information content (AvgIpc) is 2.59. The van der Waals surface area contributed by atoms with Gasteiger partial charge in [-0.25, -0.2) is 0 Å². The quantitative estimate of drug-likeness (QED) is 0.653. The molecule has 1 saturated carbocycles. The van der Waals surface area contributed by atoms with Crippen LogP contribution < -0.4 is 0 Å². The Morgan fingerprint density at radius 1 is 1.50 bits per heavy atom. The Balaban J connectivity index is 2.06. The molecule has 0 aliphatic heterocycles. The molecule has 5 heteroatoms. The number of nitrogens with zero attached hydrogens (tertiary/aromatic N) is 1. The highest BCUT2D eigenvalue weighted by Gasteiger charge is 2.37. The molecule has 0 bridgehead atoms. The number of rotatable bonds is 3. The summed E-state index contributed by atoms with van der Waals surface area (Å²) in [7, 11) is 1.81. The maximum absolute atomic E-state index is 5.69. The van der Waals surface area contributed by atoms with Crippen molar-refractivity contribution >= 4 is 45.8 Å². The standard InChI is InChI=1S/C13H15IN2OS/c1-17-13(5-2-6-13)8-16-11-4-3-9(14)7-10(11)15-12(16)18/h3-4,7H,2,5-6,8H2,1H3,(H,15,18). The van der Waals surface area contributed by atoms with Gasteiger partial charge < -0.3 is 14.3 Å². The zero-order chi connectivity index (χ0) is 12.8. The van der Waals surface area contributed by atoms with Crippen LogP contribution in [0.5, 0.6) is 0 Å². The van der Waals surface area contributed by atoms with Crippen LogP contribution in [0, 0.1) is 8.34 Å². The summed E-state index contributed by atoms with van der Waals surface area (Å²) < 4.78 is 9.87. The Kier molecular flexibility index (Phi) is 3.23. The first-order valence-electron chi connectivity index (χ1n) is 6.07. The highest BCUT2D eigenvalue weighted by molar-refractivity contribution is 14.1. The summed E-state index contributed by atoms with van der Waals surface area (Å²) in [4.78, 5) is 3.28. The van der Waals surface area contributed by atoms with Gasteiger partial charge in [0.15, 0.2) is 4.77 Å². The lowest BCUT2D eigenvalue weighted by Gasteiger charge is -2.40. The Morgan fingerprint density at radius 3 is 2.89 bits per heavy atom. The van der Waals surface area contributed by atoms with E-state index in [1.165, 1.54) is 15.5 Å². The molecular formula is C13H15IN2OS. The summed E-state index contributed by atoms with van der Waals surface area (Å²) in [5.41, 5.74) is 2.28. The first-order valence-corrected chi connectivity index (χ1v) is 7.55. The van der Waals surface area contributed by atoms with E-state index < -0.39 is 0 Å². The van der Waals surface area contributed by atoms with E-state index in [0.717, 1.165) is 29.7 Å². The molecule has 18 heavy (non-hydrogen) atoms. The average molecular weight is 374 g/mol. The summed E-state index contributed by atoms with van der Waals surface area (Å²) in [6, 6.07) is 6.37. The summed E-state index contributed by atoms with van der Waals surface area (Å²) in [6.07, 6.45) is 3.51. The molecule has 1 fully saturated rings. The van der Waals surface area contributed by atoms with Crippen LogP contribution in [0.25, 0.3) is 11.0 Å². The minimum absolute atomic E-state index is 0.00362. The number of aromatic amines is 1. The van der Waals surface area contributed by atoms with E-state index in [1.807, 2.05) is 0 Å². The molecule has 1 aromatic carbocycles. The molecule has 1 heterocycles. The number of imidazole rings is 1. The second kappa shape index (κ2) is 4.61. The molecule has 0 amide bonds. The Morgan fingerprint density at radius 2 is 2.28 bits per heavy atom. The van der Waals surface area contributed by atoms with Crippen molar-refractivity contribution in [1.82, 2.24) is 9.55 Å². The van der Waals surface area contributed by atoms with E-state index in [0.29, 0.717) is 0 Å². The predicted molar refractivity (Wildman–Crippen MR) is 83.4 cm³/mol. The highest BCUT2D eigenvalue weighted by atomic mass is 127. The van der Waals surface area contributed by atoms with Gasteiger partial charge in [0.1, 0.15) is 0 Å². The van der Waals surface area contributed by atoms with E-state index in [4.69, 9.17) is 17.0 Å². The molecule has 3 rings (SSSR count). The van der Waals surface area contributed by atoms with Crippen LogP contribution in [0.2, 0.25) is 0 Å². The second-order valence-electron chi connectivity index (χ2n) is 4.92. The fourth-order valence-electron chi connectivity index (χ4n) is 2.58. The third kappa shape index (κ3) is 2.02. The second-order valence-corrected chi connectivity index (χ2v) is 6.55. The van der Waals surface area contributed by atoms with Gasteiger partial charge in [0.25, 0.3) is 0 Å². The summed E-state index contributed by atoms with van der Waals surface area (Å²) in [5.74, 6) is 0. The Hall–Kier alpha value is -0.400. The molecule has 1 aliphatic rings. The smallest absolute Gasteiger partial charge is 0.178 e. The van der Waals surface area contributed by atoms with Crippen LogP contribution in [-0.4, -0.2) is 22.3 Å². The van der Waals surface area contributed by atoms with Crippen molar-refractivity contribution in [2.45, 2.75) is 31.4 Å². The van der Waals surface area contributed by atoms with Gasteiger partial charge in [0.05, 0.1) is 23.2 Å². The fraction of sp³-hybridized carbons (Fsp3) is 0.462. The maximum atomic E-state index is 5.69. The predicted octanol–water partition coefficient (Wildman–Crippen LogP) is 3.87. The molecule has 1 aliphatic carbocycles. The van der Waals surface area contributed by atoms with Crippen molar-refractivity contribution < 1.29 is 4.74 Å². The molecule has 1 aromatic heterocycles. The number of aromatic nitrogens is 2. The van der Waals surface area contributed by atoms with E-state index in [-0.39, 0.29) is 5.60 Å². The number of methoxy groups -OCH3 is 1. The van der Waals surface area contributed by atoms with Crippen molar-refractivity contribution in [1.29, 1.82) is 0 Å². The molecule has 3 nitrogen and oxygen atoms in total. The molecular weight excluding hydrogens is 359 g/mol. The van der Waals surface area contributed by atoms with Crippen LogP contribution in [0.15, 0.2) is 18.2 Å². The number of nitrogens with one attached hydrogen (secondary N) is 1. The van der Waals surface area contributed by atoms with Crippen molar-refractivity contribution in [3.63, 3.8) is 0 Å². The van der Waals surface area contributed by atoms with Gasteiger partial charge in [-0.1, -0.05) is 0 Å². The summed E-state index contributed by atoms with van der Waals surface area (Å²) in [5, 5.41) is 0.